The molecule has 30 heavy (non-hydrogen) atoms. The number of hydrogen-bond donors (Lipinski definition) is 0. The fraction of sp³-hybridized carbons (Fsp3) is 0.625. The summed E-state index contributed by atoms with van der Waals surface area (Å²) < 4.78 is 16.6. The molecule has 2 fully saturated rings. The molecule has 6 heteroatoms. The number of ether oxygens (including phenoxy) is 3. The van der Waals surface area contributed by atoms with Gasteiger partial charge in [-0.05, 0) is 73.1 Å². The Hall–Kier alpha value is -2.37. The quantitative estimate of drug-likeness (QED) is 0.551. The van der Waals surface area contributed by atoms with Crippen molar-refractivity contribution in [3.05, 3.63) is 29.3 Å². The van der Waals surface area contributed by atoms with Gasteiger partial charge < -0.3 is 14.2 Å². The van der Waals surface area contributed by atoms with E-state index in [1.54, 1.807) is 0 Å². The SMILES string of the molecule is CC(=O)Oc1ccc2c(c1)CCC1C2CC[C@@]2(C)C1C[C@@H](OC(C)=O)[C@@H]2OC(C)=O. The van der Waals surface area contributed by atoms with Gasteiger partial charge in [0.25, 0.3) is 0 Å². The van der Waals surface area contributed by atoms with Crippen molar-refractivity contribution >= 4 is 17.9 Å². The van der Waals surface area contributed by atoms with Gasteiger partial charge in [-0.1, -0.05) is 13.0 Å². The van der Waals surface area contributed by atoms with Gasteiger partial charge in [-0.2, -0.15) is 0 Å². The second kappa shape index (κ2) is 7.71. The first-order valence-electron chi connectivity index (χ1n) is 10.8. The first kappa shape index (κ1) is 20.9. The van der Waals surface area contributed by atoms with Crippen molar-refractivity contribution in [2.24, 2.45) is 17.3 Å². The summed E-state index contributed by atoms with van der Waals surface area (Å²) in [4.78, 5) is 34.8. The minimum Gasteiger partial charge on any atom is -0.459 e. The highest BCUT2D eigenvalue weighted by Crippen LogP contribution is 2.62. The van der Waals surface area contributed by atoms with E-state index in [-0.39, 0.29) is 29.4 Å². The molecule has 3 unspecified atom stereocenters. The van der Waals surface area contributed by atoms with Gasteiger partial charge in [-0.3, -0.25) is 14.4 Å². The van der Waals surface area contributed by atoms with Crippen LogP contribution in [0.4, 0.5) is 0 Å². The van der Waals surface area contributed by atoms with Crippen LogP contribution in [0.25, 0.3) is 0 Å². The molecule has 0 aromatic heterocycles. The van der Waals surface area contributed by atoms with Gasteiger partial charge in [0.15, 0.2) is 0 Å². The Morgan fingerprint density at radius 3 is 2.40 bits per heavy atom. The number of aryl methyl sites for hydroxylation is 1. The van der Waals surface area contributed by atoms with E-state index in [0.717, 1.165) is 32.1 Å². The van der Waals surface area contributed by atoms with Crippen molar-refractivity contribution in [2.75, 3.05) is 0 Å². The molecule has 6 nitrogen and oxygen atoms in total. The maximum absolute atomic E-state index is 11.8. The van der Waals surface area contributed by atoms with Gasteiger partial charge in [0.05, 0.1) is 0 Å². The number of hydrogen-bond acceptors (Lipinski definition) is 6. The zero-order chi connectivity index (χ0) is 21.6. The number of rotatable bonds is 3. The van der Waals surface area contributed by atoms with Crippen molar-refractivity contribution in [3.63, 3.8) is 0 Å². The Kier molecular flexibility index (Phi) is 5.37. The van der Waals surface area contributed by atoms with Crippen LogP contribution in [0.1, 0.15) is 70.4 Å². The summed E-state index contributed by atoms with van der Waals surface area (Å²) in [7, 11) is 0. The van der Waals surface area contributed by atoms with Crippen LogP contribution in [0.3, 0.4) is 0 Å². The smallest absolute Gasteiger partial charge is 0.308 e. The minimum atomic E-state index is -0.391. The molecule has 2 saturated carbocycles. The highest BCUT2D eigenvalue weighted by Gasteiger charge is 2.61. The highest BCUT2D eigenvalue weighted by molar-refractivity contribution is 5.69. The lowest BCUT2D eigenvalue weighted by Crippen LogP contribution is -2.46. The van der Waals surface area contributed by atoms with Gasteiger partial charge in [0.1, 0.15) is 18.0 Å². The standard InChI is InChI=1S/C24H30O6/c1-13(25)28-17-6-8-18-16(11-17)5-7-20-19(18)9-10-24(4)21(20)12-22(29-14(2)26)23(24)30-15(3)27/h6,8,11,19-23H,5,7,9-10,12H2,1-4H3/t19?,20?,21?,22-,23+,24+/m1/s1. The zero-order valence-electron chi connectivity index (χ0n) is 18.1. The van der Waals surface area contributed by atoms with E-state index < -0.39 is 6.10 Å². The van der Waals surface area contributed by atoms with Gasteiger partial charge in [-0.15, -0.1) is 0 Å². The Morgan fingerprint density at radius 2 is 1.73 bits per heavy atom. The lowest BCUT2D eigenvalue weighted by atomic mass is 9.55. The maximum atomic E-state index is 11.8. The Morgan fingerprint density at radius 1 is 1.00 bits per heavy atom. The third-order valence-electron chi connectivity index (χ3n) is 7.48. The topological polar surface area (TPSA) is 78.9 Å². The minimum absolute atomic E-state index is 0.192. The summed E-state index contributed by atoms with van der Waals surface area (Å²) in [5.41, 5.74) is 2.40. The number of carbonyl (C=O) groups is 3. The number of carbonyl (C=O) groups excluding carboxylic acids is 3. The van der Waals surface area contributed by atoms with Crippen LogP contribution in [-0.2, 0) is 30.3 Å². The first-order valence-corrected chi connectivity index (χ1v) is 10.8. The third kappa shape index (κ3) is 3.61. The number of fused-ring (bicyclic) bond motifs is 5. The number of benzene rings is 1. The summed E-state index contributed by atoms with van der Waals surface area (Å²) in [5, 5.41) is 0. The van der Waals surface area contributed by atoms with Crippen LogP contribution in [0.2, 0.25) is 0 Å². The molecule has 0 bridgehead atoms. The zero-order valence-corrected chi connectivity index (χ0v) is 18.1. The van der Waals surface area contributed by atoms with Crippen LogP contribution >= 0.6 is 0 Å². The third-order valence-corrected chi connectivity index (χ3v) is 7.48. The Bertz CT molecular complexity index is 876. The molecule has 0 heterocycles. The van der Waals surface area contributed by atoms with Crippen LogP contribution < -0.4 is 4.74 Å². The molecule has 0 amide bonds. The van der Waals surface area contributed by atoms with Crippen molar-refractivity contribution in [1.82, 2.24) is 0 Å². The van der Waals surface area contributed by atoms with Gasteiger partial charge in [0.2, 0.25) is 0 Å². The summed E-state index contributed by atoms with van der Waals surface area (Å²) in [6, 6.07) is 5.99. The second-order valence-corrected chi connectivity index (χ2v) is 9.33. The van der Waals surface area contributed by atoms with Crippen LogP contribution in [0, 0.1) is 17.3 Å². The molecular formula is C24H30O6. The normalized spacial score (nSPS) is 34.2. The van der Waals surface area contributed by atoms with E-state index >= 15 is 0 Å². The molecule has 1 aromatic carbocycles. The predicted octanol–water partition coefficient (Wildman–Crippen LogP) is 3.94. The van der Waals surface area contributed by atoms with Crippen LogP contribution in [0.15, 0.2) is 18.2 Å². The molecule has 0 radical (unpaired) electrons. The molecule has 1 aromatic rings. The summed E-state index contributed by atoms with van der Waals surface area (Å²) in [5.74, 6) is 0.839. The van der Waals surface area contributed by atoms with Gasteiger partial charge in [0, 0.05) is 26.2 Å². The van der Waals surface area contributed by atoms with Crippen molar-refractivity contribution < 1.29 is 28.6 Å². The first-order chi connectivity index (χ1) is 14.2. The molecule has 162 valence electrons. The largest absolute Gasteiger partial charge is 0.459 e. The summed E-state index contributed by atoms with van der Waals surface area (Å²) >= 11 is 0. The van der Waals surface area contributed by atoms with Crippen molar-refractivity contribution in [1.29, 1.82) is 0 Å². The lowest BCUT2D eigenvalue weighted by Gasteiger charge is -2.50. The summed E-state index contributed by atoms with van der Waals surface area (Å²) in [6.07, 6.45) is 3.83. The molecule has 0 spiro atoms. The molecule has 0 aliphatic heterocycles. The van der Waals surface area contributed by atoms with E-state index in [0.29, 0.717) is 23.5 Å². The van der Waals surface area contributed by atoms with E-state index in [4.69, 9.17) is 14.2 Å². The van der Waals surface area contributed by atoms with Gasteiger partial charge >= 0.3 is 17.9 Å². The monoisotopic (exact) mass is 414 g/mol. The molecule has 3 aliphatic rings. The number of esters is 3. The van der Waals surface area contributed by atoms with Crippen molar-refractivity contribution in [3.8, 4) is 5.75 Å². The Labute approximate surface area is 177 Å². The van der Waals surface area contributed by atoms with E-state index in [1.165, 1.54) is 31.9 Å². The Balaban J connectivity index is 1.62. The molecule has 6 atom stereocenters. The second-order valence-electron chi connectivity index (χ2n) is 9.33. The van der Waals surface area contributed by atoms with E-state index in [9.17, 15) is 14.4 Å². The molecule has 4 rings (SSSR count). The lowest BCUT2D eigenvalue weighted by molar-refractivity contribution is -0.171. The van der Waals surface area contributed by atoms with Crippen LogP contribution in [0.5, 0.6) is 5.75 Å². The highest BCUT2D eigenvalue weighted by atomic mass is 16.6. The average Bonchev–Trinajstić information content (AvgIpc) is 2.92. The van der Waals surface area contributed by atoms with Gasteiger partial charge in [-0.25, -0.2) is 0 Å². The van der Waals surface area contributed by atoms with E-state index in [2.05, 4.69) is 13.0 Å². The van der Waals surface area contributed by atoms with Crippen LogP contribution in [-0.4, -0.2) is 30.1 Å². The molecular weight excluding hydrogens is 384 g/mol. The molecule has 0 N–H and O–H groups in total. The molecule has 3 aliphatic carbocycles. The van der Waals surface area contributed by atoms with Crippen molar-refractivity contribution in [2.45, 2.75) is 77.9 Å². The van der Waals surface area contributed by atoms with E-state index in [1.807, 2.05) is 12.1 Å². The fourth-order valence-corrected chi connectivity index (χ4v) is 6.44. The maximum Gasteiger partial charge on any atom is 0.308 e. The fourth-order valence-electron chi connectivity index (χ4n) is 6.44. The molecule has 0 saturated heterocycles. The summed E-state index contributed by atoms with van der Waals surface area (Å²) in [6.45, 7) is 6.45. The average molecular weight is 414 g/mol. The predicted molar refractivity (Wildman–Crippen MR) is 109 cm³/mol.